The maximum atomic E-state index is 13.2. The van der Waals surface area contributed by atoms with Gasteiger partial charge in [0.15, 0.2) is 0 Å². The van der Waals surface area contributed by atoms with Gasteiger partial charge >= 0.3 is 0 Å². The number of hydrogen-bond donors (Lipinski definition) is 1. The van der Waals surface area contributed by atoms with Gasteiger partial charge in [-0.25, -0.2) is 4.99 Å². The fourth-order valence-electron chi connectivity index (χ4n) is 4.58. The van der Waals surface area contributed by atoms with E-state index in [9.17, 15) is 9.59 Å². The Kier molecular flexibility index (Phi) is 5.58. The second-order valence-electron chi connectivity index (χ2n) is 8.93. The molecular formula is C24H30N4O2. The zero-order valence-electron chi connectivity index (χ0n) is 18.2. The topological polar surface area (TPSA) is 76.3 Å². The molecule has 1 aliphatic carbocycles. The number of nitrogens with zero attached hydrogens (tertiary/aromatic N) is 3. The van der Waals surface area contributed by atoms with Crippen molar-refractivity contribution in [1.82, 2.24) is 15.1 Å². The predicted octanol–water partition coefficient (Wildman–Crippen LogP) is 4.57. The average Bonchev–Trinajstić information content (AvgIpc) is 3.35. The fourth-order valence-corrected chi connectivity index (χ4v) is 4.58. The highest BCUT2D eigenvalue weighted by atomic mass is 16.2. The molecule has 4 rings (SSSR count). The number of amides is 2. The van der Waals surface area contributed by atoms with Crippen LogP contribution in [0.15, 0.2) is 35.0 Å². The predicted molar refractivity (Wildman–Crippen MR) is 119 cm³/mol. The lowest BCUT2D eigenvalue weighted by Crippen LogP contribution is -2.34. The van der Waals surface area contributed by atoms with E-state index in [1.54, 1.807) is 0 Å². The van der Waals surface area contributed by atoms with Gasteiger partial charge in [0.1, 0.15) is 0 Å². The second kappa shape index (κ2) is 8.17. The molecule has 1 N–H and O–H groups in total. The van der Waals surface area contributed by atoms with Crippen LogP contribution in [0.4, 0.5) is 0 Å². The van der Waals surface area contributed by atoms with Crippen LogP contribution in [0, 0.1) is 5.92 Å². The number of carbonyl (C=O) groups excluding carboxylic acids is 2. The molecule has 0 radical (unpaired) electrons. The van der Waals surface area contributed by atoms with Crippen molar-refractivity contribution in [2.24, 2.45) is 10.9 Å². The molecule has 1 fully saturated rings. The van der Waals surface area contributed by atoms with Gasteiger partial charge in [-0.2, -0.15) is 5.10 Å². The summed E-state index contributed by atoms with van der Waals surface area (Å²) >= 11 is 0. The quantitative estimate of drug-likeness (QED) is 0.790. The van der Waals surface area contributed by atoms with Crippen molar-refractivity contribution in [2.45, 2.75) is 65.3 Å². The first-order valence-corrected chi connectivity index (χ1v) is 10.9. The number of aromatic nitrogens is 2. The molecule has 30 heavy (non-hydrogen) atoms. The third kappa shape index (κ3) is 3.83. The first kappa shape index (κ1) is 20.5. The van der Waals surface area contributed by atoms with Crippen LogP contribution in [0.1, 0.15) is 81.3 Å². The van der Waals surface area contributed by atoms with Crippen LogP contribution in [-0.4, -0.2) is 33.9 Å². The largest absolute Gasteiger partial charge is 0.351 e. The van der Waals surface area contributed by atoms with Crippen LogP contribution < -0.4 is 5.32 Å². The number of fused-ring (bicyclic) bond motifs is 1. The van der Waals surface area contributed by atoms with E-state index in [1.165, 1.54) is 12.8 Å². The van der Waals surface area contributed by atoms with E-state index >= 15 is 0 Å². The minimum absolute atomic E-state index is 0.166. The van der Waals surface area contributed by atoms with Gasteiger partial charge in [-0.1, -0.05) is 32.3 Å². The molecule has 6 nitrogen and oxygen atoms in total. The van der Waals surface area contributed by atoms with Crippen LogP contribution in [0.25, 0.3) is 10.9 Å². The van der Waals surface area contributed by atoms with Gasteiger partial charge in [0.25, 0.3) is 11.8 Å². The molecule has 0 spiro atoms. The number of allylic oxidation sites excluding steroid dienone is 1. The van der Waals surface area contributed by atoms with E-state index in [-0.39, 0.29) is 18.4 Å². The SMILES string of the molecule is CC1=CC(C)=NC(=O)C1CNC(=O)c1cc(C(C)C)cc2c1cnn2C1CCCC1. The molecule has 1 aromatic heterocycles. The highest BCUT2D eigenvalue weighted by Crippen LogP contribution is 2.34. The Morgan fingerprint density at radius 1 is 1.23 bits per heavy atom. The highest BCUT2D eigenvalue weighted by Gasteiger charge is 2.26. The standard InChI is InChI=1S/C24H30N4O2/c1-14(2)17-10-19(21-13-26-28(22(21)11-17)18-7-5-6-8-18)23(29)25-12-20-15(3)9-16(4)27-24(20)30/h9-11,13-14,18,20H,5-8,12H2,1-4H3,(H,25,29). The molecular weight excluding hydrogens is 376 g/mol. The summed E-state index contributed by atoms with van der Waals surface area (Å²) < 4.78 is 2.11. The number of benzene rings is 1. The smallest absolute Gasteiger partial charge is 0.254 e. The summed E-state index contributed by atoms with van der Waals surface area (Å²) in [4.78, 5) is 29.5. The third-order valence-electron chi connectivity index (χ3n) is 6.36. The monoisotopic (exact) mass is 406 g/mol. The van der Waals surface area contributed by atoms with Crippen LogP contribution in [0.3, 0.4) is 0 Å². The molecule has 1 aromatic carbocycles. The summed E-state index contributed by atoms with van der Waals surface area (Å²) in [5.41, 5.74) is 4.43. The molecule has 1 aliphatic heterocycles. The van der Waals surface area contributed by atoms with Crippen LogP contribution in [-0.2, 0) is 4.79 Å². The van der Waals surface area contributed by atoms with Crippen molar-refractivity contribution in [2.75, 3.05) is 6.54 Å². The first-order chi connectivity index (χ1) is 14.3. The summed E-state index contributed by atoms with van der Waals surface area (Å²) in [6.45, 7) is 8.24. The third-order valence-corrected chi connectivity index (χ3v) is 6.36. The lowest BCUT2D eigenvalue weighted by atomic mass is 9.95. The number of hydrogen-bond acceptors (Lipinski definition) is 3. The van der Waals surface area contributed by atoms with Gasteiger partial charge in [0.05, 0.1) is 29.2 Å². The molecule has 6 heteroatoms. The Labute approximate surface area is 177 Å². The number of aliphatic imine (C=N–C) groups is 1. The minimum Gasteiger partial charge on any atom is -0.351 e. The van der Waals surface area contributed by atoms with Crippen LogP contribution in [0.5, 0.6) is 0 Å². The molecule has 0 saturated heterocycles. The lowest BCUT2D eigenvalue weighted by Gasteiger charge is -2.19. The molecule has 2 aromatic rings. The number of rotatable bonds is 5. The fraction of sp³-hybridized carbons (Fsp3) is 0.500. The number of dihydropyridines is 1. The Bertz CT molecular complexity index is 1050. The van der Waals surface area contributed by atoms with Gasteiger partial charge in [0, 0.05) is 17.6 Å². The first-order valence-electron chi connectivity index (χ1n) is 10.9. The summed E-state index contributed by atoms with van der Waals surface area (Å²) in [6.07, 6.45) is 8.46. The zero-order chi connectivity index (χ0) is 21.4. The Morgan fingerprint density at radius 3 is 2.63 bits per heavy atom. The van der Waals surface area contributed by atoms with Gasteiger partial charge in [0.2, 0.25) is 0 Å². The zero-order valence-corrected chi connectivity index (χ0v) is 18.2. The normalized spacial score (nSPS) is 20.0. The Hall–Kier alpha value is -2.76. The molecule has 0 bridgehead atoms. The van der Waals surface area contributed by atoms with Crippen molar-refractivity contribution in [3.8, 4) is 0 Å². The molecule has 1 saturated carbocycles. The number of nitrogens with one attached hydrogen (secondary N) is 1. The van der Waals surface area contributed by atoms with Crippen LogP contribution in [0.2, 0.25) is 0 Å². The van der Waals surface area contributed by atoms with Gasteiger partial charge < -0.3 is 5.32 Å². The van der Waals surface area contributed by atoms with Gasteiger partial charge in [-0.15, -0.1) is 0 Å². The van der Waals surface area contributed by atoms with E-state index in [2.05, 4.69) is 40.0 Å². The van der Waals surface area contributed by atoms with E-state index in [0.717, 1.165) is 34.9 Å². The molecule has 158 valence electrons. The summed E-state index contributed by atoms with van der Waals surface area (Å²) in [5.74, 6) is -0.457. The van der Waals surface area contributed by atoms with Crippen molar-refractivity contribution in [1.29, 1.82) is 0 Å². The van der Waals surface area contributed by atoms with E-state index < -0.39 is 5.92 Å². The van der Waals surface area contributed by atoms with Gasteiger partial charge in [-0.05, 0) is 56.4 Å². The summed E-state index contributed by atoms with van der Waals surface area (Å²) in [7, 11) is 0. The molecule has 1 unspecified atom stereocenters. The van der Waals surface area contributed by atoms with E-state index in [0.29, 0.717) is 23.2 Å². The maximum absolute atomic E-state index is 13.2. The summed E-state index contributed by atoms with van der Waals surface area (Å²) in [5, 5.41) is 8.51. The van der Waals surface area contributed by atoms with Crippen molar-refractivity contribution < 1.29 is 9.59 Å². The summed E-state index contributed by atoms with van der Waals surface area (Å²) in [6, 6.07) is 4.56. The Balaban J connectivity index is 1.63. The average molecular weight is 407 g/mol. The van der Waals surface area contributed by atoms with E-state index in [1.807, 2.05) is 32.2 Å². The molecule has 1 atom stereocenters. The molecule has 2 amide bonds. The minimum atomic E-state index is -0.400. The maximum Gasteiger partial charge on any atom is 0.254 e. The molecule has 2 heterocycles. The second-order valence-corrected chi connectivity index (χ2v) is 8.93. The van der Waals surface area contributed by atoms with Gasteiger partial charge in [-0.3, -0.25) is 14.3 Å². The lowest BCUT2D eigenvalue weighted by molar-refractivity contribution is -0.120. The van der Waals surface area contributed by atoms with E-state index in [4.69, 9.17) is 0 Å². The Morgan fingerprint density at radius 2 is 1.97 bits per heavy atom. The highest BCUT2D eigenvalue weighted by molar-refractivity contribution is 6.08. The molecule has 2 aliphatic rings. The van der Waals surface area contributed by atoms with Crippen molar-refractivity contribution in [3.05, 3.63) is 41.1 Å². The number of carbonyl (C=O) groups is 2. The van der Waals surface area contributed by atoms with Crippen LogP contribution >= 0.6 is 0 Å². The van der Waals surface area contributed by atoms with Crippen molar-refractivity contribution in [3.63, 3.8) is 0 Å². The van der Waals surface area contributed by atoms with Crippen molar-refractivity contribution >= 4 is 28.4 Å².